The number of thioether (sulfide) groups is 1. The van der Waals surface area contributed by atoms with Gasteiger partial charge in [-0.25, -0.2) is 14.8 Å². The van der Waals surface area contributed by atoms with Crippen LogP contribution in [0.5, 0.6) is 0 Å². The Labute approximate surface area is 213 Å². The minimum Gasteiger partial charge on any atom is -0.444 e. The Balaban J connectivity index is 1.55. The lowest BCUT2D eigenvalue weighted by Gasteiger charge is -2.32. The summed E-state index contributed by atoms with van der Waals surface area (Å²) < 4.78 is 17.5. The van der Waals surface area contributed by atoms with Crippen molar-refractivity contribution in [3.05, 3.63) is 12.4 Å². The van der Waals surface area contributed by atoms with Gasteiger partial charge in [0.05, 0.1) is 11.2 Å². The van der Waals surface area contributed by atoms with E-state index >= 15 is 0 Å². The molecule has 11 heteroatoms. The molecule has 0 bridgehead atoms. The Bertz CT molecular complexity index is 903. The molecule has 0 aromatic carbocycles. The highest BCUT2D eigenvalue weighted by Crippen LogP contribution is 2.36. The molecule has 2 saturated heterocycles. The first-order valence-electron chi connectivity index (χ1n) is 12.2. The van der Waals surface area contributed by atoms with E-state index in [4.69, 9.17) is 14.0 Å². The average Bonchev–Trinajstić information content (AvgIpc) is 3.26. The molecule has 2 amide bonds. The highest BCUT2D eigenvalue weighted by molar-refractivity contribution is 7.99. The molecule has 0 saturated carbocycles. The van der Waals surface area contributed by atoms with Crippen LogP contribution in [0.15, 0.2) is 17.6 Å². The van der Waals surface area contributed by atoms with Crippen LogP contribution in [0.3, 0.4) is 0 Å². The molecule has 2 aliphatic rings. The maximum atomic E-state index is 13.2. The van der Waals surface area contributed by atoms with Gasteiger partial charge in [0.2, 0.25) is 5.91 Å². The molecule has 9 nitrogen and oxygen atoms in total. The number of nitrogens with one attached hydrogen (secondary N) is 1. The summed E-state index contributed by atoms with van der Waals surface area (Å²) in [6, 6.07) is -0.635. The topological polar surface area (TPSA) is 103 Å². The summed E-state index contributed by atoms with van der Waals surface area (Å²) in [7, 11) is -0.496. The minimum atomic E-state index is -0.635. The molecular formula is C24H39BN4O5S. The first-order chi connectivity index (χ1) is 16.1. The second-order valence-corrected chi connectivity index (χ2v) is 12.8. The van der Waals surface area contributed by atoms with E-state index in [0.29, 0.717) is 18.2 Å². The van der Waals surface area contributed by atoms with E-state index in [9.17, 15) is 9.59 Å². The third-order valence-electron chi connectivity index (χ3n) is 6.51. The number of carbonyl (C=O) groups excluding carboxylic acids is 2. The third-order valence-corrected chi connectivity index (χ3v) is 7.65. The highest BCUT2D eigenvalue weighted by Gasteiger charge is 2.52. The first-order valence-corrected chi connectivity index (χ1v) is 13.1. The Morgan fingerprint density at radius 2 is 1.74 bits per heavy atom. The molecule has 2 fully saturated rings. The van der Waals surface area contributed by atoms with Gasteiger partial charge in [0.1, 0.15) is 11.6 Å². The van der Waals surface area contributed by atoms with E-state index < -0.39 is 36.1 Å². The SMILES string of the molecule is CC(C)C(NC(=O)OC(C)(C)C)C(=O)N1CCC(Sc2ncc(B3OC(C)(C)C(C)(C)O3)cn2)C1. The molecule has 2 aliphatic heterocycles. The lowest BCUT2D eigenvalue weighted by atomic mass is 9.81. The predicted octanol–water partition coefficient (Wildman–Crippen LogP) is 3.02. The number of carbonyl (C=O) groups is 2. The van der Waals surface area contributed by atoms with Gasteiger partial charge < -0.3 is 24.3 Å². The summed E-state index contributed by atoms with van der Waals surface area (Å²) in [5, 5.41) is 3.58. The van der Waals surface area contributed by atoms with Gasteiger partial charge >= 0.3 is 13.2 Å². The zero-order valence-corrected chi connectivity index (χ0v) is 23.2. The van der Waals surface area contributed by atoms with Gasteiger partial charge in [0.25, 0.3) is 0 Å². The van der Waals surface area contributed by atoms with Crippen LogP contribution in [0.1, 0.15) is 68.7 Å². The zero-order chi connectivity index (χ0) is 26.2. The molecule has 35 heavy (non-hydrogen) atoms. The molecule has 3 heterocycles. The average molecular weight is 506 g/mol. The van der Waals surface area contributed by atoms with Crippen LogP contribution >= 0.6 is 11.8 Å². The second kappa shape index (κ2) is 10.3. The number of alkyl carbamates (subject to hydrolysis) is 1. The fourth-order valence-electron chi connectivity index (χ4n) is 3.81. The molecule has 2 unspecified atom stereocenters. The van der Waals surface area contributed by atoms with Crippen molar-refractivity contribution in [2.24, 2.45) is 5.92 Å². The summed E-state index contributed by atoms with van der Waals surface area (Å²) in [6.07, 6.45) is 3.74. The largest absolute Gasteiger partial charge is 0.498 e. The molecular weight excluding hydrogens is 467 g/mol. The van der Waals surface area contributed by atoms with Crippen LogP contribution in [0, 0.1) is 5.92 Å². The number of rotatable bonds is 6. The Morgan fingerprint density at radius 3 is 2.26 bits per heavy atom. The molecule has 1 N–H and O–H groups in total. The summed E-state index contributed by atoms with van der Waals surface area (Å²) in [6.45, 7) is 18.5. The van der Waals surface area contributed by atoms with Crippen molar-refractivity contribution in [3.8, 4) is 0 Å². The number of likely N-dealkylation sites (tertiary alicyclic amines) is 1. The minimum absolute atomic E-state index is 0.0624. The quantitative estimate of drug-likeness (QED) is 0.464. The van der Waals surface area contributed by atoms with Gasteiger partial charge in [0, 0.05) is 36.2 Å². The van der Waals surface area contributed by atoms with Gasteiger partial charge in [-0.05, 0) is 60.8 Å². The van der Waals surface area contributed by atoms with E-state index in [2.05, 4.69) is 15.3 Å². The summed E-state index contributed by atoms with van der Waals surface area (Å²) in [5.41, 5.74) is -0.680. The van der Waals surface area contributed by atoms with E-state index in [0.717, 1.165) is 11.9 Å². The van der Waals surface area contributed by atoms with Gasteiger partial charge in [-0.1, -0.05) is 25.6 Å². The van der Waals surface area contributed by atoms with Crippen LogP contribution in [0.2, 0.25) is 0 Å². The van der Waals surface area contributed by atoms with Gasteiger partial charge in [-0.2, -0.15) is 0 Å². The molecule has 1 aromatic heterocycles. The Morgan fingerprint density at radius 1 is 1.17 bits per heavy atom. The van der Waals surface area contributed by atoms with Crippen LogP contribution < -0.4 is 10.8 Å². The predicted molar refractivity (Wildman–Crippen MR) is 137 cm³/mol. The third kappa shape index (κ3) is 6.89. The molecule has 0 radical (unpaired) electrons. The van der Waals surface area contributed by atoms with Gasteiger partial charge in [-0.3, -0.25) is 4.79 Å². The van der Waals surface area contributed by atoms with E-state index in [1.807, 2.05) is 41.5 Å². The van der Waals surface area contributed by atoms with Crippen molar-refractivity contribution in [2.45, 2.75) is 102 Å². The van der Waals surface area contributed by atoms with E-state index in [-0.39, 0.29) is 17.1 Å². The van der Waals surface area contributed by atoms with Crippen molar-refractivity contribution in [2.75, 3.05) is 13.1 Å². The highest BCUT2D eigenvalue weighted by atomic mass is 32.2. The molecule has 0 spiro atoms. The molecule has 2 atom stereocenters. The van der Waals surface area contributed by atoms with Crippen molar-refractivity contribution in [1.82, 2.24) is 20.2 Å². The lowest BCUT2D eigenvalue weighted by molar-refractivity contribution is -0.133. The fraction of sp³-hybridized carbons (Fsp3) is 0.750. The zero-order valence-electron chi connectivity index (χ0n) is 22.4. The Hall–Kier alpha value is -1.85. The Kier molecular flexibility index (Phi) is 8.13. The normalized spacial score (nSPS) is 22.4. The van der Waals surface area contributed by atoms with Crippen LogP contribution in [-0.2, 0) is 18.8 Å². The van der Waals surface area contributed by atoms with Gasteiger partial charge in [0.15, 0.2) is 5.16 Å². The number of hydrogen-bond donors (Lipinski definition) is 1. The van der Waals surface area contributed by atoms with Crippen molar-refractivity contribution < 1.29 is 23.6 Å². The van der Waals surface area contributed by atoms with E-state index in [1.165, 1.54) is 0 Å². The number of nitrogens with zero attached hydrogens (tertiary/aromatic N) is 3. The molecule has 0 aliphatic carbocycles. The standard InChI is InChI=1S/C24H39BN4O5S/c1-15(2)18(28-21(31)32-22(3,4)5)19(30)29-11-10-17(14-29)35-20-26-12-16(13-27-20)25-33-23(6,7)24(8,9)34-25/h12-13,15,17-18H,10-11,14H2,1-9H3,(H,28,31). The van der Waals surface area contributed by atoms with Gasteiger partial charge in [-0.15, -0.1) is 0 Å². The summed E-state index contributed by atoms with van der Waals surface area (Å²) in [4.78, 5) is 36.2. The van der Waals surface area contributed by atoms with Crippen molar-refractivity contribution in [1.29, 1.82) is 0 Å². The van der Waals surface area contributed by atoms with Crippen LogP contribution in [-0.4, -0.2) is 75.2 Å². The number of hydrogen-bond acceptors (Lipinski definition) is 8. The number of aromatic nitrogens is 2. The first kappa shape index (κ1) is 27.7. The smallest absolute Gasteiger partial charge is 0.444 e. The molecule has 194 valence electrons. The lowest BCUT2D eigenvalue weighted by Crippen LogP contribution is -2.51. The maximum Gasteiger partial charge on any atom is 0.498 e. The molecule has 1 aromatic rings. The maximum absolute atomic E-state index is 13.2. The summed E-state index contributed by atoms with van der Waals surface area (Å²) in [5.74, 6) is -0.154. The second-order valence-electron chi connectivity index (χ2n) is 11.6. The fourth-order valence-corrected chi connectivity index (χ4v) is 4.81. The van der Waals surface area contributed by atoms with Crippen molar-refractivity contribution >= 4 is 36.3 Å². The number of amides is 2. The summed E-state index contributed by atoms with van der Waals surface area (Å²) >= 11 is 1.56. The monoisotopic (exact) mass is 506 g/mol. The van der Waals surface area contributed by atoms with E-state index in [1.54, 1.807) is 49.8 Å². The van der Waals surface area contributed by atoms with Crippen LogP contribution in [0.25, 0.3) is 0 Å². The molecule has 3 rings (SSSR count). The van der Waals surface area contributed by atoms with Crippen LogP contribution in [0.4, 0.5) is 4.79 Å². The van der Waals surface area contributed by atoms with Crippen molar-refractivity contribution in [3.63, 3.8) is 0 Å². The number of ether oxygens (including phenoxy) is 1.